The van der Waals surface area contributed by atoms with Gasteiger partial charge < -0.3 is 9.80 Å². The summed E-state index contributed by atoms with van der Waals surface area (Å²) in [4.78, 5) is 27.7. The summed E-state index contributed by atoms with van der Waals surface area (Å²) in [7, 11) is 3.62. The Morgan fingerprint density at radius 1 is 1.55 bits per heavy atom. The van der Waals surface area contributed by atoms with Crippen molar-refractivity contribution in [2.24, 2.45) is 13.0 Å². The number of nitrogens with zero attached hydrogens (tertiary/aromatic N) is 4. The molecular weight excluding hydrogens is 256 g/mol. The van der Waals surface area contributed by atoms with E-state index in [-0.39, 0.29) is 23.8 Å². The summed E-state index contributed by atoms with van der Waals surface area (Å²) in [6.07, 6.45) is 3.97. The molecule has 6 nitrogen and oxygen atoms in total. The van der Waals surface area contributed by atoms with E-state index in [2.05, 4.69) is 5.10 Å². The molecule has 0 unspecified atom stereocenters. The highest BCUT2D eigenvalue weighted by atomic mass is 16.2. The molecule has 2 rings (SSSR count). The molecule has 0 aromatic carbocycles. The zero-order chi connectivity index (χ0) is 14.9. The largest absolute Gasteiger partial charge is 0.341 e. The Labute approximate surface area is 119 Å². The third-order valence-electron chi connectivity index (χ3n) is 3.69. The van der Waals surface area contributed by atoms with E-state index in [1.807, 2.05) is 27.1 Å². The lowest BCUT2D eigenvalue weighted by atomic mass is 10.1. The number of amides is 2. The SMILES string of the molecule is CC(C)N1C[C@@H](C(=O)N(C)Cc2cnn(C)c2)CC1=O. The molecule has 1 aromatic heterocycles. The number of carbonyl (C=O) groups excluding carboxylic acids is 2. The summed E-state index contributed by atoms with van der Waals surface area (Å²) in [5, 5.41) is 4.09. The number of rotatable bonds is 4. The molecule has 20 heavy (non-hydrogen) atoms. The van der Waals surface area contributed by atoms with Crippen LogP contribution in [0.2, 0.25) is 0 Å². The van der Waals surface area contributed by atoms with E-state index in [1.165, 1.54) is 0 Å². The van der Waals surface area contributed by atoms with Gasteiger partial charge in [0.2, 0.25) is 11.8 Å². The molecule has 110 valence electrons. The molecule has 1 aromatic rings. The Morgan fingerprint density at radius 3 is 2.75 bits per heavy atom. The number of carbonyl (C=O) groups is 2. The second kappa shape index (κ2) is 5.64. The smallest absolute Gasteiger partial charge is 0.228 e. The number of hydrogen-bond acceptors (Lipinski definition) is 3. The van der Waals surface area contributed by atoms with Crippen molar-refractivity contribution in [3.8, 4) is 0 Å². The molecule has 0 saturated carbocycles. The van der Waals surface area contributed by atoms with E-state index < -0.39 is 0 Å². The average Bonchev–Trinajstić information content (AvgIpc) is 2.94. The van der Waals surface area contributed by atoms with Gasteiger partial charge in [-0.2, -0.15) is 5.10 Å². The molecule has 2 heterocycles. The summed E-state index contributed by atoms with van der Waals surface area (Å²) >= 11 is 0. The van der Waals surface area contributed by atoms with Crippen molar-refractivity contribution in [1.29, 1.82) is 0 Å². The van der Waals surface area contributed by atoms with Gasteiger partial charge in [0.05, 0.1) is 12.1 Å². The maximum Gasteiger partial charge on any atom is 0.228 e. The van der Waals surface area contributed by atoms with Gasteiger partial charge in [0, 0.05) is 51.4 Å². The zero-order valence-electron chi connectivity index (χ0n) is 12.5. The Hall–Kier alpha value is -1.85. The topological polar surface area (TPSA) is 58.4 Å². The Morgan fingerprint density at radius 2 is 2.25 bits per heavy atom. The van der Waals surface area contributed by atoms with E-state index in [4.69, 9.17) is 0 Å². The second-order valence-electron chi connectivity index (χ2n) is 5.76. The fourth-order valence-corrected chi connectivity index (χ4v) is 2.61. The van der Waals surface area contributed by atoms with Crippen LogP contribution in [0.1, 0.15) is 25.8 Å². The van der Waals surface area contributed by atoms with Crippen LogP contribution >= 0.6 is 0 Å². The number of aryl methyl sites for hydroxylation is 1. The van der Waals surface area contributed by atoms with Gasteiger partial charge in [0.15, 0.2) is 0 Å². The van der Waals surface area contributed by atoms with Crippen LogP contribution in [0.15, 0.2) is 12.4 Å². The Kier molecular flexibility index (Phi) is 4.11. The third kappa shape index (κ3) is 3.00. The van der Waals surface area contributed by atoms with Crippen molar-refractivity contribution in [1.82, 2.24) is 19.6 Å². The van der Waals surface area contributed by atoms with Crippen LogP contribution in [0.5, 0.6) is 0 Å². The summed E-state index contributed by atoms with van der Waals surface area (Å²) in [5.41, 5.74) is 0.994. The molecule has 6 heteroatoms. The highest BCUT2D eigenvalue weighted by molar-refractivity contribution is 5.89. The van der Waals surface area contributed by atoms with Gasteiger partial charge in [-0.05, 0) is 13.8 Å². The number of likely N-dealkylation sites (tertiary alicyclic amines) is 1. The lowest BCUT2D eigenvalue weighted by molar-refractivity contribution is -0.135. The average molecular weight is 278 g/mol. The second-order valence-corrected chi connectivity index (χ2v) is 5.76. The maximum absolute atomic E-state index is 12.4. The van der Waals surface area contributed by atoms with Crippen LogP contribution in [0.25, 0.3) is 0 Å². The first-order valence-electron chi connectivity index (χ1n) is 6.90. The van der Waals surface area contributed by atoms with Crippen LogP contribution in [0.3, 0.4) is 0 Å². The molecule has 0 N–H and O–H groups in total. The molecule has 0 spiro atoms. The number of aromatic nitrogens is 2. The maximum atomic E-state index is 12.4. The number of hydrogen-bond donors (Lipinski definition) is 0. The lowest BCUT2D eigenvalue weighted by Crippen LogP contribution is -2.36. The fraction of sp³-hybridized carbons (Fsp3) is 0.643. The molecule has 2 amide bonds. The molecular formula is C14H22N4O2. The van der Waals surface area contributed by atoms with Crippen molar-refractivity contribution in [3.05, 3.63) is 18.0 Å². The molecule has 0 radical (unpaired) electrons. The highest BCUT2D eigenvalue weighted by Crippen LogP contribution is 2.22. The van der Waals surface area contributed by atoms with Crippen molar-refractivity contribution in [2.45, 2.75) is 32.9 Å². The Balaban J connectivity index is 1.96. The first kappa shape index (κ1) is 14.6. The van der Waals surface area contributed by atoms with Crippen molar-refractivity contribution in [2.75, 3.05) is 13.6 Å². The van der Waals surface area contributed by atoms with Gasteiger partial charge >= 0.3 is 0 Å². The van der Waals surface area contributed by atoms with Gasteiger partial charge in [-0.1, -0.05) is 0 Å². The van der Waals surface area contributed by atoms with Crippen molar-refractivity contribution < 1.29 is 9.59 Å². The standard InChI is InChI=1S/C14H22N4O2/c1-10(2)18-9-12(5-13(18)19)14(20)16(3)7-11-6-15-17(4)8-11/h6,8,10,12H,5,7,9H2,1-4H3/t12-/m0/s1. The van der Waals surface area contributed by atoms with E-state index in [0.717, 1.165) is 5.56 Å². The molecule has 0 aliphatic carbocycles. The van der Waals surface area contributed by atoms with Gasteiger partial charge in [-0.3, -0.25) is 14.3 Å². The first-order valence-corrected chi connectivity index (χ1v) is 6.90. The first-order chi connectivity index (χ1) is 9.38. The van der Waals surface area contributed by atoms with E-state index in [9.17, 15) is 9.59 Å². The van der Waals surface area contributed by atoms with E-state index >= 15 is 0 Å². The quantitative estimate of drug-likeness (QED) is 0.812. The van der Waals surface area contributed by atoms with Crippen LogP contribution in [-0.4, -0.2) is 51.0 Å². The monoisotopic (exact) mass is 278 g/mol. The predicted octanol–water partition coefficient (Wildman–Crippen LogP) is 0.635. The van der Waals surface area contributed by atoms with Crippen LogP contribution < -0.4 is 0 Å². The summed E-state index contributed by atoms with van der Waals surface area (Å²) in [5.74, 6) is -0.106. The van der Waals surface area contributed by atoms with Crippen LogP contribution in [-0.2, 0) is 23.2 Å². The van der Waals surface area contributed by atoms with Gasteiger partial charge in [0.1, 0.15) is 0 Å². The minimum atomic E-state index is -0.216. The Bertz CT molecular complexity index is 509. The van der Waals surface area contributed by atoms with Crippen molar-refractivity contribution >= 4 is 11.8 Å². The van der Waals surface area contributed by atoms with Crippen molar-refractivity contribution in [3.63, 3.8) is 0 Å². The zero-order valence-corrected chi connectivity index (χ0v) is 12.5. The van der Waals surface area contributed by atoms with Gasteiger partial charge in [-0.15, -0.1) is 0 Å². The fourth-order valence-electron chi connectivity index (χ4n) is 2.61. The van der Waals surface area contributed by atoms with Crippen LogP contribution in [0, 0.1) is 5.92 Å². The molecule has 1 saturated heterocycles. The molecule has 0 bridgehead atoms. The van der Waals surface area contributed by atoms with Gasteiger partial charge in [0.25, 0.3) is 0 Å². The molecule has 1 aliphatic heterocycles. The third-order valence-corrected chi connectivity index (χ3v) is 3.69. The molecule has 1 aliphatic rings. The summed E-state index contributed by atoms with van der Waals surface area (Å²) in [6, 6.07) is 0.156. The minimum Gasteiger partial charge on any atom is -0.341 e. The van der Waals surface area contributed by atoms with E-state index in [1.54, 1.807) is 27.7 Å². The minimum absolute atomic E-state index is 0.0327. The normalized spacial score (nSPS) is 18.9. The van der Waals surface area contributed by atoms with Gasteiger partial charge in [-0.25, -0.2) is 0 Å². The lowest BCUT2D eigenvalue weighted by Gasteiger charge is -2.23. The highest BCUT2D eigenvalue weighted by Gasteiger charge is 2.36. The predicted molar refractivity (Wildman–Crippen MR) is 74.6 cm³/mol. The molecule has 1 atom stereocenters. The summed E-state index contributed by atoms with van der Waals surface area (Å²) < 4.78 is 1.72. The van der Waals surface area contributed by atoms with E-state index in [0.29, 0.717) is 19.5 Å². The summed E-state index contributed by atoms with van der Waals surface area (Å²) in [6.45, 7) is 5.01. The van der Waals surface area contributed by atoms with Crippen LogP contribution in [0.4, 0.5) is 0 Å². The molecule has 1 fully saturated rings.